The third-order valence-corrected chi connectivity index (χ3v) is 23.5. The number of hydrogen-bond acceptors (Lipinski definition) is 24. The van der Waals surface area contributed by atoms with Gasteiger partial charge in [-0.1, -0.05) is 290 Å². The van der Waals surface area contributed by atoms with Crippen LogP contribution >= 0.6 is 22.9 Å². The van der Waals surface area contributed by atoms with E-state index < -0.39 is 0 Å². The van der Waals surface area contributed by atoms with E-state index >= 15 is 0 Å². The number of rotatable bonds is 17. The van der Waals surface area contributed by atoms with E-state index in [2.05, 4.69) is 385 Å². The van der Waals surface area contributed by atoms with Gasteiger partial charge in [0.05, 0.1) is 24.8 Å². The molecule has 2 aliphatic heterocycles. The van der Waals surface area contributed by atoms with Crippen LogP contribution in [-0.2, 0) is 4.74 Å². The summed E-state index contributed by atoms with van der Waals surface area (Å²) in [5.41, 5.74) is 14.8. The number of hydrogen-bond donors (Lipinski definition) is 3. The Morgan fingerprint density at radius 2 is 0.919 bits per heavy atom. The van der Waals surface area contributed by atoms with Crippen LogP contribution in [0.3, 0.4) is 0 Å². The van der Waals surface area contributed by atoms with Crippen LogP contribution in [0.2, 0.25) is 0 Å². The number of imidazole rings is 2. The van der Waals surface area contributed by atoms with Crippen LogP contribution in [0, 0.1) is 38.5 Å². The average Bonchev–Trinajstić information content (AvgIpc) is 1.03. The van der Waals surface area contributed by atoms with E-state index in [1.54, 1.807) is 79.8 Å². The molecule has 1 aromatic carbocycles. The minimum Gasteiger partial charge on any atom is -0.449 e. The summed E-state index contributed by atoms with van der Waals surface area (Å²) in [6, 6.07) is 40.9. The number of aromatic nitrogens is 21. The number of allylic oxidation sites excluding steroid dienone is 1. The first-order valence-electron chi connectivity index (χ1n) is 52.6. The summed E-state index contributed by atoms with van der Waals surface area (Å²) >= 11 is 3.14. The van der Waals surface area contributed by atoms with Gasteiger partial charge in [-0.3, -0.25) is 39.9 Å². The number of aromatic amines is 3. The molecule has 27 heteroatoms. The molecule has 808 valence electrons. The normalized spacial score (nSPS) is 11.5. The highest BCUT2D eigenvalue weighted by Gasteiger charge is 2.17. The van der Waals surface area contributed by atoms with Crippen LogP contribution in [0.25, 0.3) is 0 Å². The molecule has 3 N–H and O–H groups in total. The van der Waals surface area contributed by atoms with Crippen molar-refractivity contribution in [2.75, 3.05) is 19.8 Å². The Labute approximate surface area is 899 Å². The van der Waals surface area contributed by atoms with Crippen molar-refractivity contribution >= 4 is 28.6 Å². The first kappa shape index (κ1) is 134. The standard InChI is InChI=1S/C10H15N.C9H12.4C8H11N.C8H16O.2C7H10N2.2C7H11N.C6H10N2S.2C6H10N2.C6H9NO.C5H8N2O.C5H8N2S/c1-7(2)10-6-8(3)5-9(4)11-10;1-8(2)9-6-4-3-5-7-9;1-7(2)8-3-5-9-6-4-8;1-7(2)8-4-3-5-9-6-8;2*1-7(2)8-5-3-4-6-9-8;1-7(2)8-3-5-9-6-4-8;1-6(2)7-5-8-3-4-9-7;1-6(2)7-8-4-3-5-9-7;2*1-6(2)7-4-3-5-8-7;1-4(2)6-8-7-5(3)9-6;1-5(2)6-3-7-4-8-6;2*1-5(2)6-7-3-4-8-6;1-4(2)5-7-6-3-8-5;1-4(2)5-6-3-7-8-5/h5-7H,1-4H3;3-8H,1-2H3;4*3-7H,1-2H3;7-8H,3-6H2,1-2H3;2*3-6H,1-2H3;3-4,6H,5H2,1-2H3;3-6,8H,1-2H3;4H,1-3H3;2*3-5H,1-2H3,(H,7,8);3-5H,1-2H3;2*3-4H,1-2H3. The second kappa shape index (κ2) is 80.7. The van der Waals surface area contributed by atoms with E-state index in [1.807, 2.05) is 164 Å². The molecule has 0 radical (unpaired) electrons. The lowest BCUT2D eigenvalue weighted by atomic mass is 9.89. The Kier molecular flexibility index (Phi) is 72.9. The van der Waals surface area contributed by atoms with Crippen LogP contribution < -0.4 is 0 Å². The smallest absolute Gasteiger partial charge is 0.218 e. The highest BCUT2D eigenvalue weighted by atomic mass is 32.1. The van der Waals surface area contributed by atoms with Crippen molar-refractivity contribution in [2.45, 2.75) is 358 Å². The van der Waals surface area contributed by atoms with Crippen molar-refractivity contribution < 1.29 is 13.6 Å². The average molecular weight is 2060 g/mol. The maximum absolute atomic E-state index is 5.25. The van der Waals surface area contributed by atoms with Gasteiger partial charge in [0.15, 0.2) is 5.89 Å². The highest BCUT2D eigenvalue weighted by Crippen LogP contribution is 2.24. The monoisotopic (exact) mass is 2060 g/mol. The maximum Gasteiger partial charge on any atom is 0.218 e. The maximum atomic E-state index is 5.25. The predicted molar refractivity (Wildman–Crippen MR) is 620 cm³/mol. The molecule has 0 bridgehead atoms. The largest absolute Gasteiger partial charge is 0.449 e. The number of oxazole rings is 1. The van der Waals surface area contributed by atoms with E-state index in [4.69, 9.17) is 13.6 Å². The lowest BCUT2D eigenvalue weighted by Crippen LogP contribution is -2.19. The summed E-state index contributed by atoms with van der Waals surface area (Å²) in [7, 11) is 0. The Hall–Kier alpha value is -12.3. The van der Waals surface area contributed by atoms with Crippen molar-refractivity contribution in [3.63, 3.8) is 0 Å². The fraction of sp³-hybridized carbons (Fsp3) is 0.496. The molecule has 2 aliphatic rings. The van der Waals surface area contributed by atoms with Gasteiger partial charge in [0.25, 0.3) is 0 Å². The molecule has 0 amide bonds. The Morgan fingerprint density at radius 1 is 0.358 bits per heavy atom. The number of nitrogens with zero attached hydrogens (tertiary/aromatic N) is 19. The van der Waals surface area contributed by atoms with Gasteiger partial charge in [0, 0.05) is 182 Å². The minimum atomic E-state index is 0.345. The van der Waals surface area contributed by atoms with Crippen LogP contribution in [0.5, 0.6) is 0 Å². The summed E-state index contributed by atoms with van der Waals surface area (Å²) in [5.74, 6) is 13.8. The second-order valence-corrected chi connectivity index (χ2v) is 42.5. The van der Waals surface area contributed by atoms with Gasteiger partial charge in [0.2, 0.25) is 12.3 Å². The zero-order chi connectivity index (χ0) is 111. The molecule has 15 aromatic rings. The minimum absolute atomic E-state index is 0.345. The van der Waals surface area contributed by atoms with Gasteiger partial charge >= 0.3 is 0 Å². The lowest BCUT2D eigenvalue weighted by molar-refractivity contribution is 0.0523. The summed E-state index contributed by atoms with van der Waals surface area (Å²) in [6.07, 6.45) is 41.8. The molecule has 0 unspecified atom stereocenters. The third kappa shape index (κ3) is 65.4. The molecule has 0 aliphatic carbocycles. The van der Waals surface area contributed by atoms with Crippen molar-refractivity contribution in [1.29, 1.82) is 0 Å². The van der Waals surface area contributed by atoms with Crippen LogP contribution in [-0.4, -0.2) is 130 Å². The third-order valence-electron chi connectivity index (χ3n) is 21.4. The van der Waals surface area contributed by atoms with Gasteiger partial charge in [-0.15, -0.1) is 31.7 Å². The van der Waals surface area contributed by atoms with E-state index in [-0.39, 0.29) is 0 Å². The van der Waals surface area contributed by atoms with E-state index in [9.17, 15) is 0 Å². The van der Waals surface area contributed by atoms with Crippen molar-refractivity contribution in [1.82, 2.24) is 105 Å². The van der Waals surface area contributed by atoms with Gasteiger partial charge in [-0.05, 0) is 217 Å². The van der Waals surface area contributed by atoms with Crippen LogP contribution in [0.1, 0.15) is 438 Å². The van der Waals surface area contributed by atoms with Crippen LogP contribution in [0.15, 0.2) is 272 Å². The van der Waals surface area contributed by atoms with E-state index in [1.165, 1.54) is 75.8 Å². The summed E-state index contributed by atoms with van der Waals surface area (Å²) in [4.78, 5) is 66.3. The first-order chi connectivity index (χ1) is 70.4. The molecule has 17 rings (SSSR count). The van der Waals surface area contributed by atoms with Crippen molar-refractivity contribution in [3.8, 4) is 0 Å². The highest BCUT2D eigenvalue weighted by molar-refractivity contribution is 7.11. The molecule has 14 aromatic heterocycles. The van der Waals surface area contributed by atoms with Crippen molar-refractivity contribution in [3.05, 3.63) is 359 Å². The predicted octanol–water partition coefficient (Wildman–Crippen LogP) is 33.2. The van der Waals surface area contributed by atoms with Crippen molar-refractivity contribution in [2.24, 2.45) is 22.7 Å². The molecule has 16 heterocycles. The molecule has 0 atom stereocenters. The molecule has 0 spiro atoms. The first-order valence-corrected chi connectivity index (χ1v) is 54.2. The van der Waals surface area contributed by atoms with E-state index in [0.717, 1.165) is 86.9 Å². The summed E-state index contributed by atoms with van der Waals surface area (Å²) < 4.78 is 19.0. The molecule has 0 saturated carbocycles. The molecular formula is C121H184N22O3S2. The van der Waals surface area contributed by atoms with Crippen LogP contribution in [0.4, 0.5) is 0 Å². The number of nitrogens with one attached hydrogen (secondary N) is 3. The zero-order valence-electron chi connectivity index (χ0n) is 96.7. The lowest BCUT2D eigenvalue weighted by Gasteiger charge is -2.24. The molecule has 1 saturated heterocycles. The number of aliphatic imine (C=N–C) groups is 1. The zero-order valence-corrected chi connectivity index (χ0v) is 98.3. The molecule has 148 heavy (non-hydrogen) atoms. The fourth-order valence-electron chi connectivity index (χ4n) is 12.1. The fourth-order valence-corrected chi connectivity index (χ4v) is 13.3. The Morgan fingerprint density at radius 3 is 1.20 bits per heavy atom. The Bertz CT molecular complexity index is 4760. The summed E-state index contributed by atoms with van der Waals surface area (Å²) in [6.45, 7) is 81.7. The number of benzene rings is 1. The van der Waals surface area contributed by atoms with E-state index in [0.29, 0.717) is 101 Å². The Balaban J connectivity index is 0.000000787. The second-order valence-electron chi connectivity index (χ2n) is 40.5. The number of ether oxygens (including phenoxy) is 1. The molecule has 25 nitrogen and oxygen atoms in total. The van der Waals surface area contributed by atoms with Gasteiger partial charge in [0.1, 0.15) is 39.3 Å². The van der Waals surface area contributed by atoms with Gasteiger partial charge in [-0.2, -0.15) is 4.37 Å². The number of H-pyrrole nitrogens is 3. The topological polar surface area (TPSA) is 327 Å². The molecular weight excluding hydrogens is 1870 g/mol. The molecule has 1 fully saturated rings. The van der Waals surface area contributed by atoms with Gasteiger partial charge < -0.3 is 28.5 Å². The number of aryl methyl sites for hydroxylation is 3. The van der Waals surface area contributed by atoms with Gasteiger partial charge in [-0.25, -0.2) is 29.9 Å². The number of pyridine rings is 5. The SMILES string of the molecule is CC(C)C1=NCC=C1.CC(C)C1CCOCC1.CC(C)c1ccc[nH]1.CC(C)c1ccccc1.CC(C)c1ccccn1.CC(C)c1ccccn1.CC(C)c1cccnc1.CC(C)c1ccncc1.CC(C)c1cnc[nH]1.CC(C)c1cnccn1.CC(C)c1ncc[nH]1.CC(C)c1ncccn1.CC(C)c1ncco1.CC(C)c1ncns1.CC(C)c1nnco1.Cc1cc(C)nc(C(C)C)c1.Cc1nnc(C(C)C)s1. The quantitative estimate of drug-likeness (QED) is 0.0762. The summed E-state index contributed by atoms with van der Waals surface area (Å²) in [5, 5.41) is 18.4.